The third-order valence-corrected chi connectivity index (χ3v) is 6.76. The largest absolute Gasteiger partial charge is 0.352 e. The lowest BCUT2D eigenvalue weighted by Crippen LogP contribution is -2.29. The van der Waals surface area contributed by atoms with E-state index in [1.807, 2.05) is 22.6 Å². The van der Waals surface area contributed by atoms with Crippen LogP contribution < -0.4 is 16.4 Å². The van der Waals surface area contributed by atoms with Crippen LogP contribution in [0.5, 0.6) is 0 Å². The first kappa shape index (κ1) is 23.1. The molecule has 0 saturated heterocycles. The second-order valence-corrected chi connectivity index (χ2v) is 9.72. The van der Waals surface area contributed by atoms with E-state index in [2.05, 4.69) is 10.4 Å². The van der Waals surface area contributed by atoms with E-state index in [0.29, 0.717) is 9.13 Å². The van der Waals surface area contributed by atoms with Crippen molar-refractivity contribution in [2.24, 2.45) is 7.05 Å². The predicted molar refractivity (Wildman–Crippen MR) is 139 cm³/mol. The molecule has 0 bridgehead atoms. The Bertz CT molecular complexity index is 1660. The third-order valence-electron chi connectivity index (χ3n) is 6.09. The van der Waals surface area contributed by atoms with Gasteiger partial charge in [0.05, 0.1) is 33.2 Å². The van der Waals surface area contributed by atoms with Gasteiger partial charge in [-0.25, -0.2) is 9.07 Å². The van der Waals surface area contributed by atoms with Crippen molar-refractivity contribution in [2.45, 2.75) is 25.8 Å². The zero-order valence-corrected chi connectivity index (χ0v) is 20.9. The number of hydrogen-bond acceptors (Lipinski definition) is 6. The first-order chi connectivity index (χ1) is 16.7. The number of nitrogens with one attached hydrogen (secondary N) is 1. The van der Waals surface area contributed by atoms with Crippen molar-refractivity contribution in [2.75, 3.05) is 5.32 Å². The molecule has 1 N–H and O–H groups in total. The van der Waals surface area contributed by atoms with Gasteiger partial charge in [0.15, 0.2) is 0 Å². The molecule has 0 amide bonds. The van der Waals surface area contributed by atoms with Gasteiger partial charge in [-0.2, -0.15) is 5.10 Å². The molecule has 2 aromatic heterocycles. The van der Waals surface area contributed by atoms with E-state index >= 15 is 0 Å². The van der Waals surface area contributed by atoms with Crippen LogP contribution in [0.2, 0.25) is 0 Å². The highest BCUT2D eigenvalue weighted by molar-refractivity contribution is 14.1. The molecule has 2 heterocycles. The van der Waals surface area contributed by atoms with Gasteiger partial charge in [0, 0.05) is 33.9 Å². The summed E-state index contributed by atoms with van der Waals surface area (Å²) in [5.74, 6) is -0.527. The van der Waals surface area contributed by atoms with E-state index in [9.17, 15) is 24.1 Å². The maximum atomic E-state index is 14.7. The predicted octanol–water partition coefficient (Wildman–Crippen LogP) is 4.80. The van der Waals surface area contributed by atoms with E-state index in [4.69, 9.17) is 0 Å². The molecule has 1 aliphatic carbocycles. The minimum absolute atomic E-state index is 0.107. The summed E-state index contributed by atoms with van der Waals surface area (Å²) < 4.78 is 18.1. The summed E-state index contributed by atoms with van der Waals surface area (Å²) in [6.07, 6.45) is 1.54. The summed E-state index contributed by atoms with van der Waals surface area (Å²) in [5.41, 5.74) is 0.477. The van der Waals surface area contributed by atoms with Crippen LogP contribution in [0.4, 0.5) is 21.5 Å². The van der Waals surface area contributed by atoms with E-state index in [1.54, 1.807) is 25.1 Å². The lowest BCUT2D eigenvalue weighted by molar-refractivity contribution is -0.384. The normalized spacial score (nSPS) is 13.3. The van der Waals surface area contributed by atoms with E-state index < -0.39 is 21.9 Å². The average molecular weight is 587 g/mol. The minimum Gasteiger partial charge on any atom is -0.352 e. The minimum atomic E-state index is -0.527. The van der Waals surface area contributed by atoms with Crippen molar-refractivity contribution in [3.63, 3.8) is 0 Å². The van der Waals surface area contributed by atoms with E-state index in [0.717, 1.165) is 12.8 Å². The summed E-state index contributed by atoms with van der Waals surface area (Å²) in [4.78, 5) is 37.8. The highest BCUT2D eigenvalue weighted by Gasteiger charge is 2.30. The second-order valence-electron chi connectivity index (χ2n) is 8.47. The number of benzene rings is 2. The van der Waals surface area contributed by atoms with Crippen LogP contribution in [0.25, 0.3) is 22.2 Å². The Morgan fingerprint density at radius 3 is 2.57 bits per heavy atom. The molecule has 2 aromatic carbocycles. The molecule has 1 fully saturated rings. The van der Waals surface area contributed by atoms with Crippen molar-refractivity contribution < 1.29 is 9.31 Å². The van der Waals surface area contributed by atoms with Crippen molar-refractivity contribution in [1.82, 2.24) is 14.3 Å². The van der Waals surface area contributed by atoms with E-state index in [-0.39, 0.29) is 45.3 Å². The maximum Gasteiger partial charge on any atom is 0.278 e. The summed E-state index contributed by atoms with van der Waals surface area (Å²) in [6.45, 7) is 1.57. The Labute approximate surface area is 211 Å². The lowest BCUT2D eigenvalue weighted by Gasteiger charge is -2.19. The van der Waals surface area contributed by atoms with Gasteiger partial charge in [-0.05, 0) is 60.6 Å². The zero-order valence-electron chi connectivity index (χ0n) is 18.7. The highest BCUT2D eigenvalue weighted by atomic mass is 127. The molecule has 0 spiro atoms. The Balaban J connectivity index is 1.89. The molecule has 0 aliphatic heterocycles. The van der Waals surface area contributed by atoms with Crippen molar-refractivity contribution >= 4 is 50.6 Å². The fourth-order valence-corrected chi connectivity index (χ4v) is 4.60. The van der Waals surface area contributed by atoms with Crippen LogP contribution in [0.3, 0.4) is 0 Å². The number of pyridine rings is 1. The number of rotatable bonds is 5. The molecule has 5 rings (SSSR count). The molecule has 0 atom stereocenters. The van der Waals surface area contributed by atoms with Gasteiger partial charge in [0.25, 0.3) is 16.8 Å². The Hall–Kier alpha value is -3.61. The number of fused-ring (bicyclic) bond motifs is 1. The maximum absolute atomic E-state index is 14.7. The van der Waals surface area contributed by atoms with Gasteiger partial charge in [0.2, 0.25) is 0 Å². The van der Waals surface area contributed by atoms with Gasteiger partial charge in [-0.3, -0.25) is 19.7 Å². The van der Waals surface area contributed by atoms with Crippen LogP contribution in [0, 0.1) is 26.4 Å². The highest BCUT2D eigenvalue weighted by Crippen LogP contribution is 2.37. The second kappa shape index (κ2) is 8.56. The van der Waals surface area contributed by atoms with Crippen LogP contribution in [-0.2, 0) is 7.05 Å². The topological polar surface area (TPSA) is 112 Å². The first-order valence-corrected chi connectivity index (χ1v) is 11.9. The molecule has 1 saturated carbocycles. The molecule has 1 aliphatic rings. The van der Waals surface area contributed by atoms with Gasteiger partial charge in [0.1, 0.15) is 11.5 Å². The van der Waals surface area contributed by atoms with Crippen LogP contribution in [0.1, 0.15) is 24.4 Å². The summed E-state index contributed by atoms with van der Waals surface area (Å²) in [7, 11) is 1.52. The smallest absolute Gasteiger partial charge is 0.278 e. The Morgan fingerprint density at radius 2 is 1.91 bits per heavy atom. The quantitative estimate of drug-likeness (QED) is 0.204. The standard InChI is InChI=1S/C24H19FIN5O4/c1-12-20(27-18-9-6-14(26)11-17(18)25)19-22(29(2)23(12)32)21(28-30(24(19)33)15-7-8-15)13-4-3-5-16(10-13)31(34)35/h3-6,9-11,15,27H,7-8H2,1-2H3. The number of nitro benzene ring substituents is 1. The number of aryl methyl sites for hydroxylation is 1. The molecule has 178 valence electrons. The zero-order chi connectivity index (χ0) is 25.0. The van der Waals surface area contributed by atoms with Gasteiger partial charge in [-0.15, -0.1) is 0 Å². The van der Waals surface area contributed by atoms with Crippen molar-refractivity contribution in [1.29, 1.82) is 0 Å². The van der Waals surface area contributed by atoms with Crippen LogP contribution in [0.15, 0.2) is 52.1 Å². The van der Waals surface area contributed by atoms with E-state index in [1.165, 1.54) is 40.6 Å². The van der Waals surface area contributed by atoms with Crippen LogP contribution >= 0.6 is 22.6 Å². The van der Waals surface area contributed by atoms with Gasteiger partial charge >= 0.3 is 0 Å². The average Bonchev–Trinajstić information content (AvgIpc) is 3.67. The SMILES string of the molecule is Cc1c(Nc2ccc(I)cc2F)c2c(=O)n(C3CC3)nc(-c3cccc([N+](=O)[O-])c3)c2n(C)c1=O. The molecule has 35 heavy (non-hydrogen) atoms. The fourth-order valence-electron chi connectivity index (χ4n) is 4.14. The molecule has 0 unspecified atom stereocenters. The molecule has 0 radical (unpaired) electrons. The number of nitro groups is 1. The summed E-state index contributed by atoms with van der Waals surface area (Å²) in [6, 6.07) is 10.4. The number of nitrogens with zero attached hydrogens (tertiary/aromatic N) is 4. The monoisotopic (exact) mass is 587 g/mol. The number of non-ortho nitro benzene ring substituents is 1. The third kappa shape index (κ3) is 3.99. The summed E-state index contributed by atoms with van der Waals surface area (Å²) in [5, 5.41) is 19.1. The fraction of sp³-hybridized carbons (Fsp3) is 0.208. The van der Waals surface area contributed by atoms with Gasteiger partial charge < -0.3 is 9.88 Å². The number of aromatic nitrogens is 3. The molecule has 11 heteroatoms. The first-order valence-electron chi connectivity index (χ1n) is 10.8. The molecular weight excluding hydrogens is 568 g/mol. The number of halogens is 2. The molecular formula is C24H19FIN5O4. The van der Waals surface area contributed by atoms with Crippen molar-refractivity contribution in [3.8, 4) is 11.3 Å². The Kier molecular flexibility index (Phi) is 5.66. The van der Waals surface area contributed by atoms with Crippen LogP contribution in [-0.4, -0.2) is 19.3 Å². The van der Waals surface area contributed by atoms with Gasteiger partial charge in [-0.1, -0.05) is 12.1 Å². The van der Waals surface area contributed by atoms with Crippen molar-refractivity contribution in [3.05, 3.63) is 88.2 Å². The Morgan fingerprint density at radius 1 is 1.17 bits per heavy atom. The number of hydrogen-bond donors (Lipinski definition) is 1. The number of anilines is 2. The lowest BCUT2D eigenvalue weighted by atomic mass is 10.0. The molecule has 4 aromatic rings. The summed E-state index contributed by atoms with van der Waals surface area (Å²) >= 11 is 1.99. The molecule has 9 nitrogen and oxygen atoms in total.